The Bertz CT molecular complexity index is 318. The molecule has 0 saturated heterocycles. The first kappa shape index (κ1) is 18.7. The van der Waals surface area contributed by atoms with Crippen molar-refractivity contribution in [3.63, 3.8) is 0 Å². The van der Waals surface area contributed by atoms with Crippen LogP contribution in [-0.2, 0) is 0 Å². The molecule has 0 fully saturated rings. The molecule has 2 heteroatoms. The number of hydrogen-bond acceptors (Lipinski definition) is 1. The average Bonchev–Trinajstić information content (AvgIpc) is 2.49. The summed E-state index contributed by atoms with van der Waals surface area (Å²) in [5, 5.41) is 0. The summed E-state index contributed by atoms with van der Waals surface area (Å²) in [5.74, 6) is 0. The number of nitrogens with zero attached hydrogens (tertiary/aromatic N) is 1. The lowest BCUT2D eigenvalue weighted by Gasteiger charge is -2.33. The van der Waals surface area contributed by atoms with Gasteiger partial charge in [0.1, 0.15) is 0 Å². The lowest BCUT2D eigenvalue weighted by molar-refractivity contribution is 0.568. The summed E-state index contributed by atoms with van der Waals surface area (Å²) < 4.78 is 0. The van der Waals surface area contributed by atoms with Crippen molar-refractivity contribution in [1.82, 2.24) is 0 Å². The Labute approximate surface area is 134 Å². The van der Waals surface area contributed by atoms with Gasteiger partial charge in [0, 0.05) is 17.8 Å². The maximum Gasteiger partial charge on any atom is 0.0636 e. The molecule has 0 aromatic heterocycles. The Morgan fingerprint density at radius 2 is 1.52 bits per heavy atom. The van der Waals surface area contributed by atoms with Gasteiger partial charge in [-0.3, -0.25) is 4.99 Å². The van der Waals surface area contributed by atoms with E-state index in [1.54, 1.807) is 0 Å². The average molecular weight is 308 g/mol. The van der Waals surface area contributed by atoms with E-state index in [-0.39, 0.29) is 0 Å². The number of aliphatic imine (C=N–C) groups is 1. The Kier molecular flexibility index (Phi) is 9.22. The van der Waals surface area contributed by atoms with E-state index in [1.807, 2.05) is 0 Å². The lowest BCUT2D eigenvalue weighted by Crippen LogP contribution is -2.38. The standard InChI is InChI=1S/C19H37NSi/c1-5-19(21(4,6-2)7-3)18-16-14-12-10-8-9-11-13-15-17-20-18/h5,19H,1,6-17H2,2-4H3. The van der Waals surface area contributed by atoms with Gasteiger partial charge in [0.2, 0.25) is 0 Å². The zero-order chi connectivity index (χ0) is 15.6. The molecule has 0 bridgehead atoms. The maximum atomic E-state index is 5.07. The second-order valence-corrected chi connectivity index (χ2v) is 12.4. The van der Waals surface area contributed by atoms with Crippen LogP contribution >= 0.6 is 0 Å². The van der Waals surface area contributed by atoms with Gasteiger partial charge in [-0.05, 0) is 19.3 Å². The second kappa shape index (κ2) is 10.4. The van der Waals surface area contributed by atoms with E-state index >= 15 is 0 Å². The van der Waals surface area contributed by atoms with Crippen LogP contribution in [0.5, 0.6) is 0 Å². The Morgan fingerprint density at radius 3 is 2.05 bits per heavy atom. The molecule has 122 valence electrons. The summed E-state index contributed by atoms with van der Waals surface area (Å²) in [6.07, 6.45) is 14.5. The summed E-state index contributed by atoms with van der Waals surface area (Å²) in [6.45, 7) is 12.5. The lowest BCUT2D eigenvalue weighted by atomic mass is 10.0. The van der Waals surface area contributed by atoms with E-state index < -0.39 is 8.07 Å². The van der Waals surface area contributed by atoms with Crippen molar-refractivity contribution in [3.8, 4) is 0 Å². The van der Waals surface area contributed by atoms with Gasteiger partial charge >= 0.3 is 0 Å². The fourth-order valence-corrected chi connectivity index (χ4v) is 6.54. The molecule has 0 N–H and O–H groups in total. The molecule has 1 unspecified atom stereocenters. The summed E-state index contributed by atoms with van der Waals surface area (Å²) in [7, 11) is -1.25. The number of allylic oxidation sites excluding steroid dienone is 1. The fourth-order valence-electron chi connectivity index (χ4n) is 3.55. The molecule has 1 nitrogen and oxygen atoms in total. The third-order valence-corrected chi connectivity index (χ3v) is 10.9. The van der Waals surface area contributed by atoms with Gasteiger partial charge in [0.05, 0.1) is 8.07 Å². The normalized spacial score (nSPS) is 20.8. The Hall–Kier alpha value is -0.373. The van der Waals surface area contributed by atoms with Gasteiger partial charge in [-0.2, -0.15) is 0 Å². The molecule has 0 aromatic rings. The van der Waals surface area contributed by atoms with Crippen LogP contribution in [0, 0.1) is 0 Å². The molecule has 0 aromatic carbocycles. The van der Waals surface area contributed by atoms with E-state index in [0.717, 1.165) is 6.54 Å². The smallest absolute Gasteiger partial charge is 0.0636 e. The minimum Gasteiger partial charge on any atom is -0.294 e. The van der Waals surface area contributed by atoms with Gasteiger partial charge in [-0.25, -0.2) is 0 Å². The monoisotopic (exact) mass is 307 g/mol. The molecule has 1 aliphatic rings. The first-order valence-corrected chi connectivity index (χ1v) is 12.3. The molecular weight excluding hydrogens is 270 g/mol. The molecule has 1 heterocycles. The van der Waals surface area contributed by atoms with E-state index in [4.69, 9.17) is 4.99 Å². The zero-order valence-corrected chi connectivity index (χ0v) is 15.8. The summed E-state index contributed by atoms with van der Waals surface area (Å²) in [4.78, 5) is 5.07. The highest BCUT2D eigenvalue weighted by atomic mass is 28.3. The molecule has 0 spiro atoms. The van der Waals surface area contributed by atoms with Gasteiger partial charge in [-0.1, -0.05) is 77.1 Å². The zero-order valence-electron chi connectivity index (χ0n) is 14.8. The second-order valence-electron chi connectivity index (χ2n) is 7.03. The first-order valence-electron chi connectivity index (χ1n) is 9.33. The van der Waals surface area contributed by atoms with Gasteiger partial charge < -0.3 is 0 Å². The van der Waals surface area contributed by atoms with Crippen LogP contribution in [0.1, 0.15) is 71.6 Å². The van der Waals surface area contributed by atoms with Crippen molar-refractivity contribution in [2.75, 3.05) is 6.54 Å². The van der Waals surface area contributed by atoms with E-state index in [0.29, 0.717) is 5.54 Å². The van der Waals surface area contributed by atoms with Crippen LogP contribution in [0.15, 0.2) is 17.6 Å². The highest BCUT2D eigenvalue weighted by molar-refractivity contribution is 6.83. The van der Waals surface area contributed by atoms with E-state index in [9.17, 15) is 0 Å². The SMILES string of the molecule is C=CC(C1=NCCCCCCCCCC1)[Si](C)(CC)CC. The quantitative estimate of drug-likeness (QED) is 0.399. The third-order valence-electron chi connectivity index (χ3n) is 5.62. The van der Waals surface area contributed by atoms with E-state index in [1.165, 1.54) is 75.6 Å². The Morgan fingerprint density at radius 1 is 1.00 bits per heavy atom. The van der Waals surface area contributed by atoms with Gasteiger partial charge in [-0.15, -0.1) is 6.58 Å². The molecule has 0 amide bonds. The molecule has 0 radical (unpaired) electrons. The maximum absolute atomic E-state index is 5.07. The predicted octanol–water partition coefficient (Wildman–Crippen LogP) is 6.63. The summed E-state index contributed by atoms with van der Waals surface area (Å²) in [6, 6.07) is 2.69. The van der Waals surface area contributed by atoms with Crippen LogP contribution in [0.4, 0.5) is 0 Å². The van der Waals surface area contributed by atoms with Crippen molar-refractivity contribution < 1.29 is 0 Å². The van der Waals surface area contributed by atoms with Crippen molar-refractivity contribution in [2.24, 2.45) is 4.99 Å². The highest BCUT2D eigenvalue weighted by Gasteiger charge is 2.34. The predicted molar refractivity (Wildman–Crippen MR) is 100 cm³/mol. The summed E-state index contributed by atoms with van der Waals surface area (Å²) in [5.41, 5.74) is 2.11. The van der Waals surface area contributed by atoms with Gasteiger partial charge in [0.25, 0.3) is 0 Å². The van der Waals surface area contributed by atoms with Crippen molar-refractivity contribution in [1.29, 1.82) is 0 Å². The van der Waals surface area contributed by atoms with Crippen LogP contribution in [0.25, 0.3) is 0 Å². The summed E-state index contributed by atoms with van der Waals surface area (Å²) >= 11 is 0. The number of hydrogen-bond donors (Lipinski definition) is 0. The largest absolute Gasteiger partial charge is 0.294 e. The molecular formula is C19H37NSi. The van der Waals surface area contributed by atoms with E-state index in [2.05, 4.69) is 33.0 Å². The van der Waals surface area contributed by atoms with Crippen molar-refractivity contribution in [3.05, 3.63) is 12.7 Å². The van der Waals surface area contributed by atoms with Crippen LogP contribution in [0.3, 0.4) is 0 Å². The molecule has 1 aliphatic heterocycles. The van der Waals surface area contributed by atoms with Crippen LogP contribution < -0.4 is 0 Å². The minimum absolute atomic E-state index is 0.607. The topological polar surface area (TPSA) is 12.4 Å². The van der Waals surface area contributed by atoms with Crippen LogP contribution in [0.2, 0.25) is 24.2 Å². The highest BCUT2D eigenvalue weighted by Crippen LogP contribution is 2.33. The van der Waals surface area contributed by atoms with Crippen molar-refractivity contribution in [2.45, 2.75) is 95.8 Å². The Balaban J connectivity index is 2.81. The van der Waals surface area contributed by atoms with Crippen LogP contribution in [-0.4, -0.2) is 20.3 Å². The molecule has 1 rings (SSSR count). The fraction of sp³-hybridized carbons (Fsp3) is 0.842. The minimum atomic E-state index is -1.25. The molecule has 0 saturated carbocycles. The third kappa shape index (κ3) is 6.10. The van der Waals surface area contributed by atoms with Gasteiger partial charge in [0.15, 0.2) is 0 Å². The van der Waals surface area contributed by atoms with Crippen molar-refractivity contribution >= 4 is 13.8 Å². The molecule has 1 atom stereocenters. The molecule has 21 heavy (non-hydrogen) atoms. The molecule has 0 aliphatic carbocycles. The first-order chi connectivity index (χ1) is 10.2. The number of rotatable bonds is 5.